The number of aliphatic hydroxyl groups excluding tert-OH is 1. The van der Waals surface area contributed by atoms with Crippen LogP contribution in [0.5, 0.6) is 0 Å². The van der Waals surface area contributed by atoms with Gasteiger partial charge in [0.25, 0.3) is 0 Å². The number of carboxylic acid groups (broad SMARTS) is 1. The number of nitrogens with one attached hydrogen (secondary N) is 1. The Labute approximate surface area is 118 Å². The monoisotopic (exact) mass is 285 g/mol. The van der Waals surface area contributed by atoms with Crippen molar-refractivity contribution in [1.29, 1.82) is 0 Å². The summed E-state index contributed by atoms with van der Waals surface area (Å²) in [4.78, 5) is 11.1. The molecule has 0 fully saturated rings. The van der Waals surface area contributed by atoms with E-state index >= 15 is 0 Å². The van der Waals surface area contributed by atoms with E-state index < -0.39 is 18.1 Å². The minimum absolute atomic E-state index is 0.200. The number of hydrogen-bond donors (Lipinski definition) is 3. The minimum atomic E-state index is -0.892. The SMILES string of the molecule is CC(C)CC(NCC(O)c1ccc(Cl)cc1)C(=O)O. The Hall–Kier alpha value is -1.10. The molecule has 1 aromatic carbocycles. The summed E-state index contributed by atoms with van der Waals surface area (Å²) in [6.45, 7) is 4.13. The van der Waals surface area contributed by atoms with Crippen LogP contribution in [0, 0.1) is 5.92 Å². The molecule has 0 saturated carbocycles. The first kappa shape index (κ1) is 16.0. The van der Waals surface area contributed by atoms with E-state index in [1.807, 2.05) is 13.8 Å². The summed E-state index contributed by atoms with van der Waals surface area (Å²) in [5.41, 5.74) is 0.714. The van der Waals surface area contributed by atoms with E-state index in [1.165, 1.54) is 0 Å². The minimum Gasteiger partial charge on any atom is -0.480 e. The fourth-order valence-corrected chi connectivity index (χ4v) is 1.93. The smallest absolute Gasteiger partial charge is 0.320 e. The maximum atomic E-state index is 11.1. The number of carbonyl (C=O) groups is 1. The normalized spacial score (nSPS) is 14.4. The average Bonchev–Trinajstić information content (AvgIpc) is 2.34. The van der Waals surface area contributed by atoms with E-state index in [9.17, 15) is 9.90 Å². The molecule has 0 amide bonds. The lowest BCUT2D eigenvalue weighted by Gasteiger charge is -2.19. The Balaban J connectivity index is 2.54. The highest BCUT2D eigenvalue weighted by molar-refractivity contribution is 6.30. The van der Waals surface area contributed by atoms with Gasteiger partial charge in [-0.25, -0.2) is 0 Å². The molecule has 0 saturated heterocycles. The van der Waals surface area contributed by atoms with Gasteiger partial charge in [0.2, 0.25) is 0 Å². The summed E-state index contributed by atoms with van der Waals surface area (Å²) in [5.74, 6) is -0.613. The molecule has 0 aliphatic carbocycles. The highest BCUT2D eigenvalue weighted by Crippen LogP contribution is 2.16. The van der Waals surface area contributed by atoms with E-state index in [0.29, 0.717) is 17.0 Å². The van der Waals surface area contributed by atoms with Crippen molar-refractivity contribution >= 4 is 17.6 Å². The molecule has 3 N–H and O–H groups in total. The molecule has 5 heteroatoms. The van der Waals surface area contributed by atoms with Crippen LogP contribution in [0.2, 0.25) is 5.02 Å². The summed E-state index contributed by atoms with van der Waals surface area (Å²) >= 11 is 5.77. The van der Waals surface area contributed by atoms with Gasteiger partial charge < -0.3 is 15.5 Å². The zero-order valence-corrected chi connectivity index (χ0v) is 11.9. The number of hydrogen-bond acceptors (Lipinski definition) is 3. The van der Waals surface area contributed by atoms with Crippen LogP contribution in [0.15, 0.2) is 24.3 Å². The molecule has 19 heavy (non-hydrogen) atoms. The summed E-state index contributed by atoms with van der Waals surface area (Å²) in [7, 11) is 0. The van der Waals surface area contributed by atoms with E-state index in [0.717, 1.165) is 0 Å². The zero-order chi connectivity index (χ0) is 14.4. The Kier molecular flexibility index (Phi) is 6.28. The Morgan fingerprint density at radius 3 is 2.37 bits per heavy atom. The second-order valence-electron chi connectivity index (χ2n) is 5.00. The van der Waals surface area contributed by atoms with Crippen molar-refractivity contribution in [3.8, 4) is 0 Å². The molecule has 0 spiro atoms. The second-order valence-corrected chi connectivity index (χ2v) is 5.43. The third-order valence-corrected chi connectivity index (χ3v) is 3.07. The first-order chi connectivity index (χ1) is 8.90. The molecule has 0 radical (unpaired) electrons. The fraction of sp³-hybridized carbons (Fsp3) is 0.500. The van der Waals surface area contributed by atoms with E-state index in [-0.39, 0.29) is 12.5 Å². The average molecular weight is 286 g/mol. The molecule has 2 atom stereocenters. The van der Waals surface area contributed by atoms with Crippen LogP contribution in [0.25, 0.3) is 0 Å². The summed E-state index contributed by atoms with van der Waals surface area (Å²) in [6.07, 6.45) is -0.214. The van der Waals surface area contributed by atoms with Gasteiger partial charge in [-0.1, -0.05) is 37.6 Å². The third kappa shape index (κ3) is 5.59. The molecule has 106 valence electrons. The lowest BCUT2D eigenvalue weighted by Crippen LogP contribution is -2.39. The van der Waals surface area contributed by atoms with E-state index in [1.54, 1.807) is 24.3 Å². The molecule has 0 aliphatic heterocycles. The van der Waals surface area contributed by atoms with Gasteiger partial charge in [0.15, 0.2) is 0 Å². The first-order valence-electron chi connectivity index (χ1n) is 6.30. The molecule has 1 rings (SSSR count). The second kappa shape index (κ2) is 7.48. The van der Waals surface area contributed by atoms with Crippen molar-refractivity contribution < 1.29 is 15.0 Å². The molecule has 0 heterocycles. The number of rotatable bonds is 7. The van der Waals surface area contributed by atoms with Gasteiger partial charge in [-0.2, -0.15) is 0 Å². The van der Waals surface area contributed by atoms with Gasteiger partial charge in [-0.15, -0.1) is 0 Å². The standard InChI is InChI=1S/C14H20ClNO3/c1-9(2)7-12(14(18)19)16-8-13(17)10-3-5-11(15)6-4-10/h3-6,9,12-13,16-17H,7-8H2,1-2H3,(H,18,19). The quantitative estimate of drug-likeness (QED) is 0.720. The lowest BCUT2D eigenvalue weighted by molar-refractivity contribution is -0.140. The van der Waals surface area contributed by atoms with Crippen LogP contribution in [0.1, 0.15) is 31.9 Å². The lowest BCUT2D eigenvalue weighted by atomic mass is 10.0. The molecule has 2 unspecified atom stereocenters. The van der Waals surface area contributed by atoms with Crippen LogP contribution in [0.4, 0.5) is 0 Å². The number of aliphatic carboxylic acids is 1. The summed E-state index contributed by atoms with van der Waals surface area (Å²) in [5, 5.41) is 22.5. The van der Waals surface area contributed by atoms with Gasteiger partial charge in [0.1, 0.15) is 6.04 Å². The third-order valence-electron chi connectivity index (χ3n) is 2.82. The van der Waals surface area contributed by atoms with Gasteiger partial charge in [-0.3, -0.25) is 4.79 Å². The first-order valence-corrected chi connectivity index (χ1v) is 6.67. The van der Waals surface area contributed by atoms with Crippen molar-refractivity contribution in [1.82, 2.24) is 5.32 Å². The van der Waals surface area contributed by atoms with Gasteiger partial charge >= 0.3 is 5.97 Å². The van der Waals surface area contributed by atoms with E-state index in [2.05, 4.69) is 5.32 Å². The molecule has 0 bridgehead atoms. The van der Waals surface area contributed by atoms with Crippen LogP contribution in [-0.2, 0) is 4.79 Å². The predicted molar refractivity (Wildman–Crippen MR) is 75.3 cm³/mol. The topological polar surface area (TPSA) is 69.6 Å². The number of aliphatic hydroxyl groups is 1. The van der Waals surface area contributed by atoms with Crippen LogP contribution < -0.4 is 5.32 Å². The zero-order valence-electron chi connectivity index (χ0n) is 11.1. The summed E-state index contributed by atoms with van der Waals surface area (Å²) in [6, 6.07) is 6.22. The Morgan fingerprint density at radius 2 is 1.89 bits per heavy atom. The molecule has 0 aliphatic rings. The maximum absolute atomic E-state index is 11.1. The fourth-order valence-electron chi connectivity index (χ4n) is 1.80. The van der Waals surface area contributed by atoms with Crippen molar-refractivity contribution in [3.63, 3.8) is 0 Å². The molecule has 4 nitrogen and oxygen atoms in total. The predicted octanol–water partition coefficient (Wildman–Crippen LogP) is 2.46. The Bertz CT molecular complexity index is 406. The Morgan fingerprint density at radius 1 is 1.32 bits per heavy atom. The highest BCUT2D eigenvalue weighted by Gasteiger charge is 2.19. The number of benzene rings is 1. The molecular formula is C14H20ClNO3. The van der Waals surface area contributed by atoms with Gasteiger partial charge in [0, 0.05) is 11.6 Å². The van der Waals surface area contributed by atoms with Crippen molar-refractivity contribution in [2.75, 3.05) is 6.54 Å². The number of halogens is 1. The molecule has 1 aromatic rings. The van der Waals surface area contributed by atoms with E-state index in [4.69, 9.17) is 16.7 Å². The largest absolute Gasteiger partial charge is 0.480 e. The number of carboxylic acids is 1. The van der Waals surface area contributed by atoms with Crippen molar-refractivity contribution in [2.45, 2.75) is 32.4 Å². The van der Waals surface area contributed by atoms with Crippen LogP contribution in [-0.4, -0.2) is 28.8 Å². The van der Waals surface area contributed by atoms with Gasteiger partial charge in [-0.05, 0) is 30.0 Å². The van der Waals surface area contributed by atoms with Crippen molar-refractivity contribution in [2.24, 2.45) is 5.92 Å². The highest BCUT2D eigenvalue weighted by atomic mass is 35.5. The van der Waals surface area contributed by atoms with Gasteiger partial charge in [0.05, 0.1) is 6.10 Å². The summed E-state index contributed by atoms with van der Waals surface area (Å²) < 4.78 is 0. The van der Waals surface area contributed by atoms with Crippen molar-refractivity contribution in [3.05, 3.63) is 34.9 Å². The maximum Gasteiger partial charge on any atom is 0.320 e. The molecule has 0 aromatic heterocycles. The van der Waals surface area contributed by atoms with Crippen LogP contribution in [0.3, 0.4) is 0 Å². The van der Waals surface area contributed by atoms with Crippen LogP contribution >= 0.6 is 11.6 Å². The molecular weight excluding hydrogens is 266 g/mol.